The normalized spacial score (nSPS) is 35.5. The number of alkyl halides is 1. The van der Waals surface area contributed by atoms with Crippen LogP contribution in [0.5, 0.6) is 0 Å². The molecule has 0 aromatic carbocycles. The first-order valence-electron chi connectivity index (χ1n) is 7.57. The number of fused-ring (bicyclic) bond motifs is 2. The monoisotopic (exact) mass is 265 g/mol. The first kappa shape index (κ1) is 13.1. The Morgan fingerprint density at radius 2 is 2.16 bits per heavy atom. The minimum Gasteiger partial charge on any atom is -0.311 e. The Balaban J connectivity index is 1.69. The van der Waals surface area contributed by atoms with Crippen LogP contribution in [-0.4, -0.2) is 27.5 Å². The van der Waals surface area contributed by atoms with Crippen LogP contribution in [0.25, 0.3) is 0 Å². The van der Waals surface area contributed by atoms with Crippen LogP contribution in [0.3, 0.4) is 0 Å². The van der Waals surface area contributed by atoms with Gasteiger partial charge in [-0.2, -0.15) is 5.10 Å². The number of halogens is 1. The summed E-state index contributed by atoms with van der Waals surface area (Å²) < 4.78 is 17.0. The van der Waals surface area contributed by atoms with E-state index in [1.54, 1.807) is 0 Å². The number of hydrogen-bond donors (Lipinski definition) is 1. The maximum Gasteiger partial charge on any atom is 0.119 e. The smallest absolute Gasteiger partial charge is 0.119 e. The third kappa shape index (κ3) is 2.69. The van der Waals surface area contributed by atoms with Crippen molar-refractivity contribution >= 4 is 0 Å². The average Bonchev–Trinajstić information content (AvgIpc) is 2.95. The highest BCUT2D eigenvalue weighted by Crippen LogP contribution is 2.38. The second-order valence-corrected chi connectivity index (χ2v) is 6.42. The zero-order valence-electron chi connectivity index (χ0n) is 11.9. The fourth-order valence-corrected chi connectivity index (χ4v) is 3.56. The highest BCUT2D eigenvalue weighted by atomic mass is 19.1. The van der Waals surface area contributed by atoms with Gasteiger partial charge in [-0.15, -0.1) is 0 Å². The van der Waals surface area contributed by atoms with Crippen molar-refractivity contribution in [2.75, 3.05) is 0 Å². The average molecular weight is 265 g/mol. The summed E-state index contributed by atoms with van der Waals surface area (Å²) in [5, 5.41) is 8.05. The van der Waals surface area contributed by atoms with Gasteiger partial charge in [-0.05, 0) is 45.1 Å². The molecular formula is C15H24FN3. The molecule has 3 atom stereocenters. The number of nitrogens with one attached hydrogen (secondary N) is 1. The van der Waals surface area contributed by atoms with Crippen LogP contribution in [0, 0.1) is 0 Å². The number of aromatic nitrogens is 2. The molecular weight excluding hydrogens is 241 g/mol. The Labute approximate surface area is 114 Å². The van der Waals surface area contributed by atoms with Crippen molar-refractivity contribution in [1.82, 2.24) is 15.1 Å². The molecule has 3 unspecified atom stereocenters. The van der Waals surface area contributed by atoms with Crippen molar-refractivity contribution < 1.29 is 4.39 Å². The quantitative estimate of drug-likeness (QED) is 0.907. The lowest BCUT2D eigenvalue weighted by Gasteiger charge is -2.34. The van der Waals surface area contributed by atoms with Crippen LogP contribution in [0.15, 0.2) is 12.3 Å². The van der Waals surface area contributed by atoms with Crippen molar-refractivity contribution in [3.8, 4) is 0 Å². The number of nitrogens with zero attached hydrogens (tertiary/aromatic N) is 2. The molecule has 2 aliphatic heterocycles. The summed E-state index contributed by atoms with van der Waals surface area (Å²) in [6, 6.07) is 3.16. The third-order valence-corrected chi connectivity index (χ3v) is 4.76. The van der Waals surface area contributed by atoms with Gasteiger partial charge in [-0.3, -0.25) is 4.68 Å². The lowest BCUT2D eigenvalue weighted by molar-refractivity contribution is 0.0880. The van der Waals surface area contributed by atoms with E-state index >= 15 is 4.39 Å². The SMILES string of the molecule is CCC(C)n1ccc(CC2(F)CC3CCC(C2)N3)n1. The fourth-order valence-electron chi connectivity index (χ4n) is 3.56. The van der Waals surface area contributed by atoms with Gasteiger partial charge < -0.3 is 5.32 Å². The molecule has 0 aliphatic carbocycles. The summed E-state index contributed by atoms with van der Waals surface area (Å²) in [6.45, 7) is 4.29. The summed E-state index contributed by atoms with van der Waals surface area (Å²) in [5.74, 6) is 0. The van der Waals surface area contributed by atoms with Crippen molar-refractivity contribution in [2.24, 2.45) is 0 Å². The second-order valence-electron chi connectivity index (χ2n) is 6.42. The van der Waals surface area contributed by atoms with Gasteiger partial charge in [0.05, 0.1) is 5.69 Å². The molecule has 1 aromatic rings. The minimum absolute atomic E-state index is 0.389. The van der Waals surface area contributed by atoms with Gasteiger partial charge in [0.15, 0.2) is 0 Å². The van der Waals surface area contributed by atoms with Crippen molar-refractivity contribution in [3.63, 3.8) is 0 Å². The molecule has 2 fully saturated rings. The summed E-state index contributed by atoms with van der Waals surface area (Å²) in [7, 11) is 0. The van der Waals surface area contributed by atoms with E-state index in [0.29, 0.717) is 37.4 Å². The van der Waals surface area contributed by atoms with Crippen molar-refractivity contribution in [1.29, 1.82) is 0 Å². The second kappa shape index (κ2) is 4.89. The number of rotatable bonds is 4. The van der Waals surface area contributed by atoms with Crippen molar-refractivity contribution in [3.05, 3.63) is 18.0 Å². The van der Waals surface area contributed by atoms with E-state index in [1.165, 1.54) is 0 Å². The van der Waals surface area contributed by atoms with Gasteiger partial charge in [0, 0.05) is 30.7 Å². The molecule has 0 radical (unpaired) electrons. The first-order valence-corrected chi connectivity index (χ1v) is 7.57. The Kier molecular flexibility index (Phi) is 3.37. The van der Waals surface area contributed by atoms with E-state index in [0.717, 1.165) is 25.0 Å². The molecule has 0 saturated carbocycles. The Hall–Kier alpha value is -0.900. The molecule has 19 heavy (non-hydrogen) atoms. The van der Waals surface area contributed by atoms with E-state index in [9.17, 15) is 0 Å². The zero-order chi connectivity index (χ0) is 13.5. The van der Waals surface area contributed by atoms with Crippen LogP contribution in [0.4, 0.5) is 4.39 Å². The molecule has 106 valence electrons. The Morgan fingerprint density at radius 3 is 2.79 bits per heavy atom. The lowest BCUT2D eigenvalue weighted by Crippen LogP contribution is -2.47. The van der Waals surface area contributed by atoms with E-state index in [4.69, 9.17) is 0 Å². The summed E-state index contributed by atoms with van der Waals surface area (Å²) in [5.41, 5.74) is -0.143. The highest BCUT2D eigenvalue weighted by Gasteiger charge is 2.44. The van der Waals surface area contributed by atoms with E-state index in [2.05, 4.69) is 24.3 Å². The van der Waals surface area contributed by atoms with Gasteiger partial charge >= 0.3 is 0 Å². The first-order chi connectivity index (χ1) is 9.08. The summed E-state index contributed by atoms with van der Waals surface area (Å²) >= 11 is 0. The molecule has 3 rings (SSSR count). The molecule has 1 N–H and O–H groups in total. The molecule has 2 saturated heterocycles. The van der Waals surface area contributed by atoms with Crippen LogP contribution in [0.1, 0.15) is 57.7 Å². The van der Waals surface area contributed by atoms with E-state index in [1.807, 2.05) is 16.9 Å². The standard InChI is InChI=1S/C15H24FN3/c1-3-11(2)19-7-6-14(18-19)10-15(16)8-12-4-5-13(9-15)17-12/h6-7,11-13,17H,3-5,8-10H2,1-2H3. The third-order valence-electron chi connectivity index (χ3n) is 4.76. The highest BCUT2D eigenvalue weighted by molar-refractivity contribution is 5.09. The van der Waals surface area contributed by atoms with Crippen LogP contribution in [-0.2, 0) is 6.42 Å². The lowest BCUT2D eigenvalue weighted by atomic mass is 9.85. The van der Waals surface area contributed by atoms with Gasteiger partial charge in [0.2, 0.25) is 0 Å². The molecule has 3 nitrogen and oxygen atoms in total. The van der Waals surface area contributed by atoms with E-state index in [-0.39, 0.29) is 0 Å². The topological polar surface area (TPSA) is 29.9 Å². The minimum atomic E-state index is -1.05. The van der Waals surface area contributed by atoms with Crippen LogP contribution < -0.4 is 5.32 Å². The maximum absolute atomic E-state index is 15.0. The maximum atomic E-state index is 15.0. The van der Waals surface area contributed by atoms with Gasteiger partial charge in [-0.1, -0.05) is 6.92 Å². The fraction of sp³-hybridized carbons (Fsp3) is 0.800. The summed E-state index contributed by atoms with van der Waals surface area (Å²) in [6.07, 6.45) is 7.10. The molecule has 4 heteroatoms. The molecule has 3 heterocycles. The predicted molar refractivity (Wildman–Crippen MR) is 74.0 cm³/mol. The zero-order valence-corrected chi connectivity index (χ0v) is 11.9. The number of piperidine rings is 1. The molecule has 1 aromatic heterocycles. The van der Waals surface area contributed by atoms with Gasteiger partial charge in [-0.25, -0.2) is 4.39 Å². The van der Waals surface area contributed by atoms with Gasteiger partial charge in [0.25, 0.3) is 0 Å². The van der Waals surface area contributed by atoms with Gasteiger partial charge in [0.1, 0.15) is 5.67 Å². The van der Waals surface area contributed by atoms with E-state index < -0.39 is 5.67 Å². The van der Waals surface area contributed by atoms with Crippen LogP contribution >= 0.6 is 0 Å². The predicted octanol–water partition coefficient (Wildman–Crippen LogP) is 3.02. The largest absolute Gasteiger partial charge is 0.311 e. The molecule has 2 bridgehead atoms. The molecule has 2 aliphatic rings. The Bertz CT molecular complexity index is 430. The number of hydrogen-bond acceptors (Lipinski definition) is 2. The van der Waals surface area contributed by atoms with Crippen molar-refractivity contribution in [2.45, 2.75) is 76.2 Å². The summed E-state index contributed by atoms with van der Waals surface area (Å²) in [4.78, 5) is 0. The Morgan fingerprint density at radius 1 is 1.47 bits per heavy atom. The molecule has 0 amide bonds. The van der Waals surface area contributed by atoms with Crippen LogP contribution in [0.2, 0.25) is 0 Å². The molecule has 0 spiro atoms.